The summed E-state index contributed by atoms with van der Waals surface area (Å²) in [7, 11) is 0. The van der Waals surface area contributed by atoms with Crippen molar-refractivity contribution >= 4 is 0 Å². The third-order valence-corrected chi connectivity index (χ3v) is 4.29. The summed E-state index contributed by atoms with van der Waals surface area (Å²) >= 11 is 0. The first kappa shape index (κ1) is 22.9. The molecule has 0 rings (SSSR count). The summed E-state index contributed by atoms with van der Waals surface area (Å²) in [6.07, 6.45) is 11.2. The third-order valence-electron chi connectivity index (χ3n) is 4.29. The van der Waals surface area contributed by atoms with E-state index in [1.54, 1.807) is 0 Å². The van der Waals surface area contributed by atoms with E-state index in [2.05, 4.69) is 53.4 Å². The Hall–Kier alpha value is -0.0800. The molecular weight excluding hydrogens is 282 g/mol. The predicted molar refractivity (Wildman–Crippen MR) is 104 cm³/mol. The van der Waals surface area contributed by atoms with E-state index in [0.29, 0.717) is 5.41 Å². The molecule has 0 amide bonds. The Kier molecular flexibility index (Phi) is 12.3. The minimum atomic E-state index is -0.00754. The summed E-state index contributed by atoms with van der Waals surface area (Å²) in [6, 6.07) is 0. The highest BCUT2D eigenvalue weighted by Crippen LogP contribution is 2.22. The molecule has 0 aromatic rings. The Labute approximate surface area is 147 Å². The van der Waals surface area contributed by atoms with E-state index in [1.807, 2.05) is 0 Å². The Balaban J connectivity index is 3.44. The first-order valence-corrected chi connectivity index (χ1v) is 10.0. The Morgan fingerprint density at radius 2 is 1.22 bits per heavy atom. The number of nitrogens with zero attached hydrogens (tertiary/aromatic N) is 1. The summed E-state index contributed by atoms with van der Waals surface area (Å²) in [6.45, 7) is 20.0. The molecule has 140 valence electrons. The zero-order chi connectivity index (χ0) is 17.8. The molecule has 0 aromatic carbocycles. The van der Waals surface area contributed by atoms with Crippen molar-refractivity contribution < 1.29 is 4.74 Å². The molecule has 2 heteroatoms. The topological polar surface area (TPSA) is 12.5 Å². The van der Waals surface area contributed by atoms with E-state index in [-0.39, 0.29) is 5.60 Å². The molecular formula is C21H45NO. The van der Waals surface area contributed by atoms with Crippen LogP contribution in [0.1, 0.15) is 99.8 Å². The van der Waals surface area contributed by atoms with Gasteiger partial charge in [0.1, 0.15) is 0 Å². The first-order valence-electron chi connectivity index (χ1n) is 10.0. The fourth-order valence-electron chi connectivity index (χ4n) is 2.78. The molecule has 0 aromatic heterocycles. The molecule has 0 atom stereocenters. The van der Waals surface area contributed by atoms with Gasteiger partial charge in [0, 0.05) is 6.54 Å². The molecule has 0 radical (unpaired) electrons. The van der Waals surface area contributed by atoms with Crippen LogP contribution >= 0.6 is 0 Å². The van der Waals surface area contributed by atoms with Gasteiger partial charge in [0.2, 0.25) is 0 Å². The molecule has 2 nitrogen and oxygen atoms in total. The van der Waals surface area contributed by atoms with Crippen molar-refractivity contribution in [2.45, 2.75) is 105 Å². The van der Waals surface area contributed by atoms with Gasteiger partial charge in [0.05, 0.1) is 12.2 Å². The zero-order valence-electron chi connectivity index (χ0n) is 17.3. The van der Waals surface area contributed by atoms with Gasteiger partial charge in [-0.25, -0.2) is 0 Å². The molecule has 0 saturated heterocycles. The van der Waals surface area contributed by atoms with Gasteiger partial charge < -0.3 is 9.64 Å². The number of likely N-dealkylation sites (N-methyl/N-ethyl adjacent to an activating group) is 1. The van der Waals surface area contributed by atoms with E-state index < -0.39 is 0 Å². The second-order valence-corrected chi connectivity index (χ2v) is 9.18. The summed E-state index contributed by atoms with van der Waals surface area (Å²) in [5.74, 6) is 0. The lowest BCUT2D eigenvalue weighted by molar-refractivity contribution is -0.0127. The van der Waals surface area contributed by atoms with E-state index in [1.165, 1.54) is 57.9 Å². The lowest BCUT2D eigenvalue weighted by Gasteiger charge is -2.24. The zero-order valence-corrected chi connectivity index (χ0v) is 17.3. The van der Waals surface area contributed by atoms with Crippen LogP contribution in [-0.2, 0) is 4.74 Å². The fraction of sp³-hybridized carbons (Fsp3) is 1.00. The van der Waals surface area contributed by atoms with Crippen LogP contribution < -0.4 is 0 Å². The molecule has 0 fully saturated rings. The molecule has 0 heterocycles. The van der Waals surface area contributed by atoms with E-state index >= 15 is 0 Å². The summed E-state index contributed by atoms with van der Waals surface area (Å²) in [4.78, 5) is 2.52. The molecule has 0 saturated carbocycles. The highest BCUT2D eigenvalue weighted by Gasteiger charge is 2.11. The van der Waals surface area contributed by atoms with E-state index in [4.69, 9.17) is 4.74 Å². The second kappa shape index (κ2) is 12.3. The highest BCUT2D eigenvalue weighted by molar-refractivity contribution is 4.62. The molecule has 23 heavy (non-hydrogen) atoms. The average molecular weight is 328 g/mol. The maximum atomic E-state index is 5.83. The molecule has 0 N–H and O–H groups in total. The molecule has 0 aliphatic rings. The maximum Gasteiger partial charge on any atom is 0.0600 e. The van der Waals surface area contributed by atoms with Crippen LogP contribution in [0.25, 0.3) is 0 Å². The largest absolute Gasteiger partial charge is 0.375 e. The second-order valence-electron chi connectivity index (χ2n) is 9.18. The summed E-state index contributed by atoms with van der Waals surface area (Å²) in [5.41, 5.74) is 0.507. The quantitative estimate of drug-likeness (QED) is 0.368. The van der Waals surface area contributed by atoms with Gasteiger partial charge in [-0.1, -0.05) is 66.2 Å². The van der Waals surface area contributed by atoms with Gasteiger partial charge in [0.25, 0.3) is 0 Å². The molecule has 0 aliphatic carbocycles. The average Bonchev–Trinajstić information content (AvgIpc) is 2.41. The van der Waals surface area contributed by atoms with Crippen LogP contribution in [0.3, 0.4) is 0 Å². The lowest BCUT2D eigenvalue weighted by atomic mass is 9.89. The van der Waals surface area contributed by atoms with Crippen LogP contribution in [0.2, 0.25) is 0 Å². The van der Waals surface area contributed by atoms with Gasteiger partial charge in [-0.05, 0) is 52.1 Å². The predicted octanol–water partition coefficient (Wildman–Crippen LogP) is 6.29. The van der Waals surface area contributed by atoms with Crippen molar-refractivity contribution in [2.24, 2.45) is 5.41 Å². The summed E-state index contributed by atoms with van der Waals surface area (Å²) in [5, 5.41) is 0. The number of rotatable bonds is 13. The first-order chi connectivity index (χ1) is 10.6. The standard InChI is InChI=1S/C21H45NO/c1-8-22(18-19-23-21(5,6)7)17-15-13-11-9-10-12-14-16-20(2,3)4/h8-19H2,1-7H3. The Morgan fingerprint density at radius 1 is 0.696 bits per heavy atom. The van der Waals surface area contributed by atoms with Gasteiger partial charge in [-0.2, -0.15) is 0 Å². The van der Waals surface area contributed by atoms with Crippen molar-refractivity contribution in [1.29, 1.82) is 0 Å². The van der Waals surface area contributed by atoms with Gasteiger partial charge in [-0.15, -0.1) is 0 Å². The lowest BCUT2D eigenvalue weighted by Crippen LogP contribution is -2.31. The third kappa shape index (κ3) is 18.1. The number of hydrogen-bond acceptors (Lipinski definition) is 2. The van der Waals surface area contributed by atoms with E-state index in [9.17, 15) is 0 Å². The van der Waals surface area contributed by atoms with Crippen LogP contribution in [0, 0.1) is 5.41 Å². The SMILES string of the molecule is CCN(CCCCCCCCCC(C)(C)C)CCOC(C)(C)C. The molecule has 0 spiro atoms. The van der Waals surface area contributed by atoms with Crippen molar-refractivity contribution in [1.82, 2.24) is 4.90 Å². The number of hydrogen-bond donors (Lipinski definition) is 0. The van der Waals surface area contributed by atoms with Crippen molar-refractivity contribution in [3.8, 4) is 0 Å². The van der Waals surface area contributed by atoms with Crippen LogP contribution in [-0.4, -0.2) is 36.7 Å². The Bertz CT molecular complexity index is 262. The Morgan fingerprint density at radius 3 is 1.70 bits per heavy atom. The fourth-order valence-corrected chi connectivity index (χ4v) is 2.78. The molecule has 0 aliphatic heterocycles. The van der Waals surface area contributed by atoms with Gasteiger partial charge in [-0.3, -0.25) is 0 Å². The molecule has 0 unspecified atom stereocenters. The van der Waals surface area contributed by atoms with Crippen LogP contribution in [0.5, 0.6) is 0 Å². The normalized spacial score (nSPS) is 13.0. The minimum absolute atomic E-state index is 0.00754. The maximum absolute atomic E-state index is 5.83. The molecule has 0 bridgehead atoms. The van der Waals surface area contributed by atoms with Gasteiger partial charge in [0.15, 0.2) is 0 Å². The van der Waals surface area contributed by atoms with Crippen molar-refractivity contribution in [3.05, 3.63) is 0 Å². The van der Waals surface area contributed by atoms with E-state index in [0.717, 1.165) is 19.7 Å². The van der Waals surface area contributed by atoms with Crippen molar-refractivity contribution in [2.75, 3.05) is 26.2 Å². The number of unbranched alkanes of at least 4 members (excludes halogenated alkanes) is 6. The van der Waals surface area contributed by atoms with Crippen LogP contribution in [0.4, 0.5) is 0 Å². The minimum Gasteiger partial charge on any atom is -0.375 e. The van der Waals surface area contributed by atoms with Crippen molar-refractivity contribution in [3.63, 3.8) is 0 Å². The monoisotopic (exact) mass is 327 g/mol. The highest BCUT2D eigenvalue weighted by atomic mass is 16.5. The van der Waals surface area contributed by atoms with Crippen LogP contribution in [0.15, 0.2) is 0 Å². The van der Waals surface area contributed by atoms with Gasteiger partial charge >= 0.3 is 0 Å². The summed E-state index contributed by atoms with van der Waals surface area (Å²) < 4.78 is 5.83. The number of ether oxygens (including phenoxy) is 1. The smallest absolute Gasteiger partial charge is 0.0600 e.